The molecule has 1 fully saturated rings. The number of carbonyl (C=O) groups excluding carboxylic acids is 1. The zero-order chi connectivity index (χ0) is 11.2. The van der Waals surface area contributed by atoms with Crippen LogP contribution in [-0.4, -0.2) is 24.5 Å². The number of fused-ring (bicyclic) bond motifs is 2. The minimum atomic E-state index is -1.28. The minimum Gasteiger partial charge on any atom is -0.336 e. The maximum Gasteiger partial charge on any atom is 0.289 e. The first-order chi connectivity index (χ1) is 7.76. The highest BCUT2D eigenvalue weighted by Crippen LogP contribution is 2.43. The van der Waals surface area contributed by atoms with E-state index in [0.717, 1.165) is 11.3 Å². The van der Waals surface area contributed by atoms with Crippen molar-refractivity contribution in [1.82, 2.24) is 0 Å². The van der Waals surface area contributed by atoms with Gasteiger partial charge in [-0.05, 0) is 6.07 Å². The molecule has 0 aromatic heterocycles. The number of ether oxygens (including phenoxy) is 2. The molecule has 0 unspecified atom stereocenters. The number of rotatable bonds is 1. The quantitative estimate of drug-likeness (QED) is 0.755. The Hall–Kier alpha value is -1.10. The van der Waals surface area contributed by atoms with E-state index in [1.165, 1.54) is 0 Å². The smallest absolute Gasteiger partial charge is 0.289 e. The lowest BCUT2D eigenvalue weighted by Crippen LogP contribution is -2.36. The van der Waals surface area contributed by atoms with E-state index in [-0.39, 0.29) is 12.0 Å². The molecule has 1 amide bonds. The highest BCUT2D eigenvalue weighted by atomic mass is 35.5. The van der Waals surface area contributed by atoms with Gasteiger partial charge in [-0.3, -0.25) is 4.79 Å². The Bertz CT molecular complexity index is 451. The lowest BCUT2D eigenvalue weighted by Gasteiger charge is -2.19. The number of hydrogen-bond acceptors (Lipinski definition) is 3. The predicted octanol–water partition coefficient (Wildman–Crippen LogP) is 1.45. The lowest BCUT2D eigenvalue weighted by molar-refractivity contribution is -0.183. The van der Waals surface area contributed by atoms with Crippen molar-refractivity contribution in [3.05, 3.63) is 29.8 Å². The fourth-order valence-electron chi connectivity index (χ4n) is 2.06. The molecular weight excluding hydrogens is 230 g/mol. The van der Waals surface area contributed by atoms with Crippen molar-refractivity contribution in [3.8, 4) is 0 Å². The Balaban J connectivity index is 2.05. The van der Waals surface area contributed by atoms with Crippen molar-refractivity contribution in [1.29, 1.82) is 0 Å². The molecule has 2 aliphatic rings. The van der Waals surface area contributed by atoms with Crippen LogP contribution in [0.5, 0.6) is 0 Å². The van der Waals surface area contributed by atoms with Crippen LogP contribution >= 0.6 is 11.6 Å². The molecule has 4 nitrogen and oxygen atoms in total. The standard InChI is InChI=1S/C11H10ClNO3/c12-5-7-6-15-11(16-7)8-3-1-2-4-9(8)13-10(11)14/h1-4,7H,5-6H2,(H,13,14)/t7-,11+/m1/s1. The third-order valence-corrected chi connectivity index (χ3v) is 3.15. The second-order valence-corrected chi connectivity index (χ2v) is 4.13. The molecule has 0 bridgehead atoms. The number of amides is 1. The summed E-state index contributed by atoms with van der Waals surface area (Å²) >= 11 is 5.71. The van der Waals surface area contributed by atoms with E-state index in [9.17, 15) is 4.79 Å². The molecule has 5 heteroatoms. The summed E-state index contributed by atoms with van der Waals surface area (Å²) in [4.78, 5) is 11.9. The number of halogens is 1. The Morgan fingerprint density at radius 1 is 1.50 bits per heavy atom. The van der Waals surface area contributed by atoms with Crippen molar-refractivity contribution >= 4 is 23.2 Å². The number of alkyl halides is 1. The molecule has 3 rings (SSSR count). The third-order valence-electron chi connectivity index (χ3n) is 2.81. The third kappa shape index (κ3) is 1.21. The molecule has 0 radical (unpaired) electrons. The van der Waals surface area contributed by atoms with Crippen LogP contribution in [0.2, 0.25) is 0 Å². The van der Waals surface area contributed by atoms with Crippen LogP contribution in [0.4, 0.5) is 5.69 Å². The Morgan fingerprint density at radius 3 is 3.06 bits per heavy atom. The van der Waals surface area contributed by atoms with E-state index in [1.54, 1.807) is 0 Å². The van der Waals surface area contributed by atoms with E-state index in [0.29, 0.717) is 12.5 Å². The molecule has 1 aromatic rings. The summed E-state index contributed by atoms with van der Waals surface area (Å²) < 4.78 is 11.2. The molecule has 1 saturated heterocycles. The molecule has 2 atom stereocenters. The summed E-state index contributed by atoms with van der Waals surface area (Å²) in [5.41, 5.74) is 1.47. The molecule has 2 aliphatic heterocycles. The topological polar surface area (TPSA) is 47.6 Å². The number of para-hydroxylation sites is 1. The zero-order valence-electron chi connectivity index (χ0n) is 8.40. The molecule has 2 heterocycles. The van der Waals surface area contributed by atoms with Crippen molar-refractivity contribution < 1.29 is 14.3 Å². The molecule has 0 saturated carbocycles. The fourth-order valence-corrected chi connectivity index (χ4v) is 2.21. The summed E-state index contributed by atoms with van der Waals surface area (Å²) in [5.74, 6) is -1.24. The van der Waals surface area contributed by atoms with Crippen LogP contribution in [0.1, 0.15) is 5.56 Å². The molecule has 16 heavy (non-hydrogen) atoms. The fraction of sp³-hybridized carbons (Fsp3) is 0.364. The summed E-state index contributed by atoms with van der Waals surface area (Å²) in [6, 6.07) is 7.35. The van der Waals surface area contributed by atoms with Gasteiger partial charge in [0, 0.05) is 5.56 Å². The Labute approximate surface area is 97.5 Å². The normalized spacial score (nSPS) is 31.8. The lowest BCUT2D eigenvalue weighted by atomic mass is 10.1. The van der Waals surface area contributed by atoms with E-state index >= 15 is 0 Å². The van der Waals surface area contributed by atoms with E-state index in [1.807, 2.05) is 24.3 Å². The molecule has 1 spiro atoms. The zero-order valence-corrected chi connectivity index (χ0v) is 9.16. The largest absolute Gasteiger partial charge is 0.336 e. The van der Waals surface area contributed by atoms with Gasteiger partial charge in [-0.1, -0.05) is 18.2 Å². The first-order valence-electron chi connectivity index (χ1n) is 5.05. The number of carbonyl (C=O) groups is 1. The summed E-state index contributed by atoms with van der Waals surface area (Å²) in [6.45, 7) is 0.339. The van der Waals surface area contributed by atoms with Crippen molar-refractivity contribution in [3.63, 3.8) is 0 Å². The average Bonchev–Trinajstić information content (AvgIpc) is 2.85. The van der Waals surface area contributed by atoms with Gasteiger partial charge in [0.1, 0.15) is 0 Å². The Morgan fingerprint density at radius 2 is 2.31 bits per heavy atom. The van der Waals surface area contributed by atoms with Crippen LogP contribution in [0.15, 0.2) is 24.3 Å². The van der Waals surface area contributed by atoms with Crippen molar-refractivity contribution in [2.75, 3.05) is 17.8 Å². The van der Waals surface area contributed by atoms with Crippen LogP contribution in [0.3, 0.4) is 0 Å². The Kier molecular flexibility index (Phi) is 2.17. The summed E-state index contributed by atoms with van der Waals surface area (Å²) in [6.07, 6.45) is -0.237. The summed E-state index contributed by atoms with van der Waals surface area (Å²) in [5, 5.41) is 2.74. The van der Waals surface area contributed by atoms with Crippen LogP contribution in [-0.2, 0) is 20.1 Å². The van der Waals surface area contributed by atoms with Gasteiger partial charge in [-0.25, -0.2) is 0 Å². The van der Waals surface area contributed by atoms with Gasteiger partial charge < -0.3 is 14.8 Å². The van der Waals surface area contributed by atoms with E-state index in [2.05, 4.69) is 5.32 Å². The predicted molar refractivity (Wildman–Crippen MR) is 58.3 cm³/mol. The molecule has 1 aromatic carbocycles. The van der Waals surface area contributed by atoms with Gasteiger partial charge in [0.25, 0.3) is 11.7 Å². The minimum absolute atomic E-state index is 0.237. The maximum atomic E-state index is 11.9. The highest BCUT2D eigenvalue weighted by molar-refractivity contribution is 6.18. The monoisotopic (exact) mass is 239 g/mol. The number of hydrogen-bond donors (Lipinski definition) is 1. The molecular formula is C11H10ClNO3. The van der Waals surface area contributed by atoms with Crippen molar-refractivity contribution in [2.45, 2.75) is 11.9 Å². The average molecular weight is 240 g/mol. The van der Waals surface area contributed by atoms with Crippen LogP contribution in [0, 0.1) is 0 Å². The van der Waals surface area contributed by atoms with Gasteiger partial charge in [-0.15, -0.1) is 11.6 Å². The SMILES string of the molecule is O=C1Nc2ccccc2[C@@]12OC[C@@H](CCl)O2. The number of anilines is 1. The molecule has 84 valence electrons. The van der Waals surface area contributed by atoms with Gasteiger partial charge in [0.2, 0.25) is 0 Å². The maximum absolute atomic E-state index is 11.9. The van der Waals surface area contributed by atoms with Gasteiger partial charge in [0.05, 0.1) is 24.3 Å². The molecule has 1 N–H and O–H groups in total. The molecule has 0 aliphatic carbocycles. The highest BCUT2D eigenvalue weighted by Gasteiger charge is 2.54. The first-order valence-corrected chi connectivity index (χ1v) is 5.58. The van der Waals surface area contributed by atoms with E-state index < -0.39 is 5.79 Å². The van der Waals surface area contributed by atoms with Gasteiger partial charge >= 0.3 is 0 Å². The number of benzene rings is 1. The number of nitrogens with one attached hydrogen (secondary N) is 1. The van der Waals surface area contributed by atoms with Gasteiger partial charge in [-0.2, -0.15) is 0 Å². The second kappa shape index (κ2) is 3.45. The second-order valence-electron chi connectivity index (χ2n) is 3.82. The van der Waals surface area contributed by atoms with E-state index in [4.69, 9.17) is 21.1 Å². The van der Waals surface area contributed by atoms with Crippen molar-refractivity contribution in [2.24, 2.45) is 0 Å². The van der Waals surface area contributed by atoms with Crippen LogP contribution < -0.4 is 5.32 Å². The van der Waals surface area contributed by atoms with Gasteiger partial charge in [0.15, 0.2) is 0 Å². The van der Waals surface area contributed by atoms with Crippen LogP contribution in [0.25, 0.3) is 0 Å². The summed E-state index contributed by atoms with van der Waals surface area (Å²) in [7, 11) is 0. The first kappa shape index (κ1) is 10.1.